The van der Waals surface area contributed by atoms with Crippen LogP contribution in [-0.4, -0.2) is 117 Å². The minimum absolute atomic E-state index is 0.0411. The van der Waals surface area contributed by atoms with Crippen molar-refractivity contribution < 1.29 is 63.9 Å². The van der Waals surface area contributed by atoms with Crippen LogP contribution in [0.25, 0.3) is 0 Å². The van der Waals surface area contributed by atoms with Crippen molar-refractivity contribution in [1.29, 1.82) is 0 Å². The van der Waals surface area contributed by atoms with Crippen LogP contribution in [0.5, 0.6) is 5.75 Å². The molecule has 0 aromatic heterocycles. The molecule has 3 aliphatic carbocycles. The van der Waals surface area contributed by atoms with E-state index in [4.69, 9.17) is 23.7 Å². The number of rotatable bonds is 10. The van der Waals surface area contributed by atoms with Gasteiger partial charge in [0, 0.05) is 24.7 Å². The number of aliphatic hydroxyl groups is 5. The van der Waals surface area contributed by atoms with Crippen molar-refractivity contribution in [1.82, 2.24) is 0 Å². The predicted molar refractivity (Wildman–Crippen MR) is 180 cm³/mol. The third-order valence-electron chi connectivity index (χ3n) is 12.8. The quantitative estimate of drug-likeness (QED) is 0.192. The summed E-state index contributed by atoms with van der Waals surface area (Å²) in [6.45, 7) is 8.47. The first-order valence-corrected chi connectivity index (χ1v) is 18.6. The minimum Gasteiger partial charge on any atom is -0.508 e. The highest BCUT2D eigenvalue weighted by Gasteiger charge is 2.69. The Bertz CT molecular complexity index is 1420. The van der Waals surface area contributed by atoms with Gasteiger partial charge < -0.3 is 54.3 Å². The summed E-state index contributed by atoms with van der Waals surface area (Å²) in [6, 6.07) is 5.58. The van der Waals surface area contributed by atoms with Crippen molar-refractivity contribution in [3.8, 4) is 5.75 Å². The zero-order chi connectivity index (χ0) is 37.0. The molecule has 13 heteroatoms. The Hall–Kier alpha value is -2.20. The van der Waals surface area contributed by atoms with Gasteiger partial charge in [0.15, 0.2) is 18.7 Å². The van der Waals surface area contributed by atoms with Crippen LogP contribution in [0.1, 0.15) is 90.2 Å². The summed E-state index contributed by atoms with van der Waals surface area (Å²) in [5.41, 5.74) is -0.00939. The van der Waals surface area contributed by atoms with Gasteiger partial charge >= 0.3 is 5.97 Å². The standard InChI is InChI=1S/C38H56O13/c1-18(2)6-11-27(41)19(3)38(46)30(15-26-25-9-7-21-14-22(40)8-10-23(21)24(25)12-13-37(26,38)5)50-36-34(49-20(4)39)33(29(43)17-48-36)51-35-32(45)31(44)28(42)16-47-35/h8,10,14,18-19,24-26,28-36,40,42-46H,6-7,9,11-13,15-17H2,1-5H3/t19-,24-,25-,26+,28-,29-,30+,31+,32-,33-,34+,35+,36-,37+,38-/m1/s1. The van der Waals surface area contributed by atoms with Gasteiger partial charge in [-0.3, -0.25) is 9.59 Å². The summed E-state index contributed by atoms with van der Waals surface area (Å²) in [5.74, 6) is -0.693. The van der Waals surface area contributed by atoms with Crippen LogP contribution in [0.2, 0.25) is 0 Å². The molecule has 2 heterocycles. The smallest absolute Gasteiger partial charge is 0.303 e. The van der Waals surface area contributed by atoms with Gasteiger partial charge in [-0.1, -0.05) is 33.8 Å². The molecule has 15 atom stereocenters. The molecule has 2 saturated carbocycles. The Balaban J connectivity index is 1.32. The largest absolute Gasteiger partial charge is 0.508 e. The van der Waals surface area contributed by atoms with E-state index in [-0.39, 0.29) is 42.5 Å². The van der Waals surface area contributed by atoms with Gasteiger partial charge in [-0.2, -0.15) is 0 Å². The molecule has 4 fully saturated rings. The van der Waals surface area contributed by atoms with Crippen molar-refractivity contribution >= 4 is 11.8 Å². The van der Waals surface area contributed by atoms with Crippen molar-refractivity contribution in [2.75, 3.05) is 13.2 Å². The molecule has 0 amide bonds. The maximum Gasteiger partial charge on any atom is 0.303 e. The summed E-state index contributed by atoms with van der Waals surface area (Å²) < 4.78 is 29.7. The predicted octanol–water partition coefficient (Wildman–Crippen LogP) is 2.09. The van der Waals surface area contributed by atoms with Gasteiger partial charge in [0.1, 0.15) is 47.7 Å². The molecule has 0 bridgehead atoms. The van der Waals surface area contributed by atoms with Crippen LogP contribution < -0.4 is 0 Å². The van der Waals surface area contributed by atoms with Crippen molar-refractivity contribution in [2.24, 2.45) is 29.1 Å². The molecule has 0 spiro atoms. The summed E-state index contributed by atoms with van der Waals surface area (Å²) in [7, 11) is 0. The number of carbonyl (C=O) groups is 2. The van der Waals surface area contributed by atoms with Gasteiger partial charge in [-0.15, -0.1) is 0 Å². The Labute approximate surface area is 299 Å². The average Bonchev–Trinajstić information content (AvgIpc) is 3.31. The number of esters is 1. The lowest BCUT2D eigenvalue weighted by molar-refractivity contribution is -0.345. The first-order valence-electron chi connectivity index (χ1n) is 18.6. The van der Waals surface area contributed by atoms with Crippen LogP contribution in [0, 0.1) is 29.1 Å². The van der Waals surface area contributed by atoms with Crippen molar-refractivity contribution in [3.63, 3.8) is 0 Å². The topological polar surface area (TPSA) is 202 Å². The first-order chi connectivity index (χ1) is 24.1. The molecular weight excluding hydrogens is 664 g/mol. The van der Waals surface area contributed by atoms with E-state index < -0.39 is 78.2 Å². The van der Waals surface area contributed by atoms with Gasteiger partial charge in [-0.05, 0) is 85.5 Å². The number of hydrogen-bond acceptors (Lipinski definition) is 13. The molecule has 51 heavy (non-hydrogen) atoms. The number of carbonyl (C=O) groups excluding carboxylic acids is 2. The Morgan fingerprint density at radius 3 is 2.37 bits per heavy atom. The van der Waals surface area contributed by atoms with Gasteiger partial charge in [0.05, 0.1) is 19.3 Å². The Morgan fingerprint density at radius 2 is 1.67 bits per heavy atom. The van der Waals surface area contributed by atoms with Crippen LogP contribution >= 0.6 is 0 Å². The van der Waals surface area contributed by atoms with Crippen LogP contribution in [-0.2, 0) is 39.7 Å². The lowest BCUT2D eigenvalue weighted by Crippen LogP contribution is -2.63. The third kappa shape index (κ3) is 6.99. The highest BCUT2D eigenvalue weighted by Crippen LogP contribution is 2.66. The molecule has 1 aromatic carbocycles. The number of fused-ring (bicyclic) bond motifs is 5. The van der Waals surface area contributed by atoms with Crippen LogP contribution in [0.3, 0.4) is 0 Å². The second-order valence-corrected chi connectivity index (χ2v) is 16.3. The van der Waals surface area contributed by atoms with Crippen molar-refractivity contribution in [3.05, 3.63) is 29.3 Å². The fraction of sp³-hybridized carbons (Fsp3) is 0.789. The van der Waals surface area contributed by atoms with E-state index in [1.807, 2.05) is 12.1 Å². The fourth-order valence-electron chi connectivity index (χ4n) is 10.00. The molecule has 5 aliphatic rings. The van der Waals surface area contributed by atoms with Crippen molar-refractivity contribution in [2.45, 2.75) is 146 Å². The summed E-state index contributed by atoms with van der Waals surface area (Å²) in [4.78, 5) is 26.4. The number of aromatic hydroxyl groups is 1. The molecule has 6 N–H and O–H groups in total. The molecule has 286 valence electrons. The lowest BCUT2D eigenvalue weighted by Gasteiger charge is -2.55. The van der Waals surface area contributed by atoms with Crippen LogP contribution in [0.15, 0.2) is 18.2 Å². The van der Waals surface area contributed by atoms with Gasteiger partial charge in [0.25, 0.3) is 0 Å². The number of aliphatic hydroxyl groups excluding tert-OH is 4. The average molecular weight is 721 g/mol. The maximum atomic E-state index is 13.9. The summed E-state index contributed by atoms with van der Waals surface area (Å²) in [6.07, 6.45) is -8.01. The highest BCUT2D eigenvalue weighted by molar-refractivity contribution is 5.82. The number of ether oxygens (including phenoxy) is 5. The van der Waals surface area contributed by atoms with E-state index in [9.17, 15) is 40.2 Å². The number of phenolic OH excluding ortho intramolecular Hbond substituents is 1. The second kappa shape index (κ2) is 14.9. The summed E-state index contributed by atoms with van der Waals surface area (Å²) in [5, 5.41) is 65.1. The third-order valence-corrected chi connectivity index (χ3v) is 12.8. The number of ketones is 1. The molecule has 13 nitrogen and oxygen atoms in total. The van der Waals surface area contributed by atoms with Gasteiger partial charge in [0.2, 0.25) is 0 Å². The number of hydrogen-bond donors (Lipinski definition) is 6. The minimum atomic E-state index is -1.67. The number of aryl methyl sites for hydroxylation is 1. The zero-order valence-corrected chi connectivity index (χ0v) is 30.2. The SMILES string of the molecule is CC(=O)O[C@@H]1[C@@H](O[C@H]2C[C@H]3[C@@H]4CCc5cc(O)ccc5[C@H]4CC[C@]3(C)[C@@]2(O)[C@H](C)C(=O)CCC(C)C)OC[C@@H](O)[C@H]1O[C@@H]1OC[C@@H](O)[C@H](O)[C@H]1O. The second-order valence-electron chi connectivity index (χ2n) is 16.3. The fourth-order valence-corrected chi connectivity index (χ4v) is 10.00. The molecule has 0 unspecified atom stereocenters. The normalized spacial score (nSPS) is 42.8. The molecule has 1 aromatic rings. The Kier molecular flexibility index (Phi) is 11.3. The molecule has 0 radical (unpaired) electrons. The van der Waals surface area contributed by atoms with Crippen LogP contribution in [0.4, 0.5) is 0 Å². The number of phenols is 1. The highest BCUT2D eigenvalue weighted by atomic mass is 16.7. The Morgan fingerprint density at radius 1 is 0.961 bits per heavy atom. The molecule has 6 rings (SSSR count). The molecule has 2 aliphatic heterocycles. The molecule has 2 saturated heterocycles. The van der Waals surface area contributed by atoms with E-state index in [0.29, 0.717) is 31.6 Å². The van der Waals surface area contributed by atoms with E-state index in [2.05, 4.69) is 20.8 Å². The monoisotopic (exact) mass is 720 g/mol. The molecular formula is C38H56O13. The number of Topliss-reactive ketones (excluding diaryl/α,β-unsaturated/α-hetero) is 1. The number of benzene rings is 1. The summed E-state index contributed by atoms with van der Waals surface area (Å²) >= 11 is 0. The first kappa shape index (κ1) is 38.5. The van der Waals surface area contributed by atoms with E-state index >= 15 is 0 Å². The van der Waals surface area contributed by atoms with E-state index in [1.165, 1.54) is 12.5 Å². The maximum absolute atomic E-state index is 13.9. The van der Waals surface area contributed by atoms with E-state index in [0.717, 1.165) is 24.8 Å². The lowest BCUT2D eigenvalue weighted by atomic mass is 9.51. The van der Waals surface area contributed by atoms with E-state index in [1.54, 1.807) is 13.0 Å². The van der Waals surface area contributed by atoms with Gasteiger partial charge in [-0.25, -0.2) is 0 Å². The zero-order valence-electron chi connectivity index (χ0n) is 30.2.